The number of benzene rings is 1. The minimum absolute atomic E-state index is 0.547. The van der Waals surface area contributed by atoms with Crippen LogP contribution in [0, 0.1) is 5.41 Å². The lowest BCUT2D eigenvalue weighted by atomic mass is 9.81. The number of hydrogen-bond donors (Lipinski definition) is 1. The lowest BCUT2D eigenvalue weighted by molar-refractivity contribution is 0.0823. The molecule has 0 spiro atoms. The van der Waals surface area contributed by atoms with Crippen LogP contribution < -0.4 is 5.73 Å². The maximum atomic E-state index is 12.7. The SMILES string of the molecule is NC(c1ccccc1)C(CF)(CF)CF. The van der Waals surface area contributed by atoms with Gasteiger partial charge in [-0.15, -0.1) is 0 Å². The van der Waals surface area contributed by atoms with E-state index in [9.17, 15) is 13.2 Å². The Morgan fingerprint density at radius 3 is 1.87 bits per heavy atom. The largest absolute Gasteiger partial charge is 0.323 e. The average Bonchev–Trinajstić information content (AvgIpc) is 2.33. The summed E-state index contributed by atoms with van der Waals surface area (Å²) in [5.41, 5.74) is 4.50. The number of hydrogen-bond acceptors (Lipinski definition) is 1. The Morgan fingerprint density at radius 2 is 1.47 bits per heavy atom. The van der Waals surface area contributed by atoms with Gasteiger partial charge < -0.3 is 5.73 Å². The highest BCUT2D eigenvalue weighted by Crippen LogP contribution is 2.33. The van der Waals surface area contributed by atoms with Crippen LogP contribution in [0.4, 0.5) is 13.2 Å². The molecular formula is C11H14F3N. The van der Waals surface area contributed by atoms with E-state index in [1.54, 1.807) is 30.3 Å². The van der Waals surface area contributed by atoms with Crippen LogP contribution in [0.15, 0.2) is 30.3 Å². The van der Waals surface area contributed by atoms with E-state index in [2.05, 4.69) is 0 Å². The van der Waals surface area contributed by atoms with Crippen molar-refractivity contribution in [3.63, 3.8) is 0 Å². The standard InChI is InChI=1S/C11H14F3N/c12-6-11(7-13,8-14)10(15)9-4-2-1-3-5-9/h1-5,10H,6-8,15H2. The summed E-state index contributed by atoms with van der Waals surface area (Å²) in [7, 11) is 0. The summed E-state index contributed by atoms with van der Waals surface area (Å²) in [5, 5.41) is 0. The van der Waals surface area contributed by atoms with Crippen molar-refractivity contribution in [3.05, 3.63) is 35.9 Å². The molecule has 4 heteroatoms. The van der Waals surface area contributed by atoms with Gasteiger partial charge in [0.2, 0.25) is 0 Å². The molecule has 0 saturated heterocycles. The molecule has 0 amide bonds. The number of nitrogens with two attached hydrogens (primary N) is 1. The quantitative estimate of drug-likeness (QED) is 0.806. The first-order chi connectivity index (χ1) is 7.20. The summed E-state index contributed by atoms with van der Waals surface area (Å²) >= 11 is 0. The maximum absolute atomic E-state index is 12.7. The van der Waals surface area contributed by atoms with Gasteiger partial charge in [0, 0.05) is 6.04 Å². The second-order valence-electron chi connectivity index (χ2n) is 3.65. The van der Waals surface area contributed by atoms with E-state index in [1.807, 2.05) is 0 Å². The number of rotatable bonds is 5. The smallest absolute Gasteiger partial charge is 0.102 e. The molecule has 84 valence electrons. The number of alkyl halides is 3. The lowest BCUT2D eigenvalue weighted by Gasteiger charge is -2.31. The van der Waals surface area contributed by atoms with Gasteiger partial charge in [-0.1, -0.05) is 30.3 Å². The third-order valence-electron chi connectivity index (χ3n) is 2.62. The Labute approximate surface area is 87.1 Å². The molecule has 0 saturated carbocycles. The Kier molecular flexibility index (Phi) is 4.15. The summed E-state index contributed by atoms with van der Waals surface area (Å²) in [6.07, 6.45) is 0. The van der Waals surface area contributed by atoms with Crippen LogP contribution in [0.3, 0.4) is 0 Å². The Bertz CT molecular complexity index is 277. The van der Waals surface area contributed by atoms with E-state index in [-0.39, 0.29) is 0 Å². The predicted octanol–water partition coefficient (Wildman–Crippen LogP) is 2.58. The van der Waals surface area contributed by atoms with Crippen LogP contribution in [0.2, 0.25) is 0 Å². The summed E-state index contributed by atoms with van der Waals surface area (Å²) in [4.78, 5) is 0. The zero-order chi connectivity index (χ0) is 11.3. The molecule has 0 radical (unpaired) electrons. The van der Waals surface area contributed by atoms with Crippen molar-refractivity contribution >= 4 is 0 Å². The highest BCUT2D eigenvalue weighted by atomic mass is 19.1. The molecule has 0 fully saturated rings. The van der Waals surface area contributed by atoms with Crippen LogP contribution in [0.5, 0.6) is 0 Å². The van der Waals surface area contributed by atoms with Crippen molar-refractivity contribution in [3.8, 4) is 0 Å². The van der Waals surface area contributed by atoms with Gasteiger partial charge in [-0.05, 0) is 5.56 Å². The van der Waals surface area contributed by atoms with Crippen LogP contribution in [-0.2, 0) is 0 Å². The molecule has 1 nitrogen and oxygen atoms in total. The zero-order valence-corrected chi connectivity index (χ0v) is 8.30. The van der Waals surface area contributed by atoms with Gasteiger partial charge >= 0.3 is 0 Å². The third-order valence-corrected chi connectivity index (χ3v) is 2.62. The van der Waals surface area contributed by atoms with Gasteiger partial charge in [0.15, 0.2) is 0 Å². The molecule has 0 heterocycles. The second kappa shape index (κ2) is 5.16. The van der Waals surface area contributed by atoms with Gasteiger partial charge in [-0.25, -0.2) is 0 Å². The van der Waals surface area contributed by atoms with Crippen LogP contribution in [0.1, 0.15) is 11.6 Å². The van der Waals surface area contributed by atoms with Crippen LogP contribution in [0.25, 0.3) is 0 Å². The molecule has 1 aromatic carbocycles. The highest BCUT2D eigenvalue weighted by molar-refractivity contribution is 5.21. The van der Waals surface area contributed by atoms with Gasteiger partial charge in [0.1, 0.15) is 20.0 Å². The number of halogens is 3. The molecule has 2 N–H and O–H groups in total. The first kappa shape index (κ1) is 12.0. The fraction of sp³-hybridized carbons (Fsp3) is 0.455. The molecule has 0 aliphatic rings. The van der Waals surface area contributed by atoms with E-state index in [0.29, 0.717) is 5.56 Å². The summed E-state index contributed by atoms with van der Waals surface area (Å²) < 4.78 is 38.1. The van der Waals surface area contributed by atoms with Gasteiger partial charge in [0.05, 0.1) is 5.41 Å². The van der Waals surface area contributed by atoms with Gasteiger partial charge in [-0.3, -0.25) is 13.2 Å². The predicted molar refractivity (Wildman–Crippen MR) is 53.7 cm³/mol. The normalized spacial score (nSPS) is 13.9. The van der Waals surface area contributed by atoms with E-state index in [4.69, 9.17) is 5.73 Å². The molecule has 1 atom stereocenters. The molecule has 0 aromatic heterocycles. The van der Waals surface area contributed by atoms with Crippen molar-refractivity contribution < 1.29 is 13.2 Å². The molecule has 0 aliphatic carbocycles. The molecule has 1 unspecified atom stereocenters. The monoisotopic (exact) mass is 217 g/mol. The molecular weight excluding hydrogens is 203 g/mol. The van der Waals surface area contributed by atoms with Gasteiger partial charge in [-0.2, -0.15) is 0 Å². The summed E-state index contributed by atoms with van der Waals surface area (Å²) in [6, 6.07) is 7.49. The first-order valence-corrected chi connectivity index (χ1v) is 4.68. The minimum atomic E-state index is -1.73. The summed E-state index contributed by atoms with van der Waals surface area (Å²) in [5.74, 6) is 0. The lowest BCUT2D eigenvalue weighted by Crippen LogP contribution is -2.40. The van der Waals surface area contributed by atoms with E-state index in [0.717, 1.165) is 0 Å². The van der Waals surface area contributed by atoms with Crippen molar-refractivity contribution in [2.45, 2.75) is 6.04 Å². The minimum Gasteiger partial charge on any atom is -0.323 e. The Balaban J connectivity index is 2.95. The van der Waals surface area contributed by atoms with Crippen molar-refractivity contribution in [2.24, 2.45) is 11.1 Å². The van der Waals surface area contributed by atoms with Crippen LogP contribution in [-0.4, -0.2) is 20.0 Å². The first-order valence-electron chi connectivity index (χ1n) is 4.68. The maximum Gasteiger partial charge on any atom is 0.102 e. The Morgan fingerprint density at radius 1 is 1.00 bits per heavy atom. The van der Waals surface area contributed by atoms with Crippen molar-refractivity contribution in [1.29, 1.82) is 0 Å². The summed E-state index contributed by atoms with van der Waals surface area (Å²) in [6.45, 7) is -3.30. The fourth-order valence-electron chi connectivity index (χ4n) is 1.37. The van der Waals surface area contributed by atoms with Crippen LogP contribution >= 0.6 is 0 Å². The van der Waals surface area contributed by atoms with E-state index in [1.165, 1.54) is 0 Å². The fourth-order valence-corrected chi connectivity index (χ4v) is 1.37. The topological polar surface area (TPSA) is 26.0 Å². The van der Waals surface area contributed by atoms with Crippen molar-refractivity contribution in [2.75, 3.05) is 20.0 Å². The van der Waals surface area contributed by atoms with E-state index < -0.39 is 31.5 Å². The second-order valence-corrected chi connectivity index (χ2v) is 3.65. The highest BCUT2D eigenvalue weighted by Gasteiger charge is 2.38. The third kappa shape index (κ3) is 2.31. The van der Waals surface area contributed by atoms with E-state index >= 15 is 0 Å². The van der Waals surface area contributed by atoms with Crippen molar-refractivity contribution in [1.82, 2.24) is 0 Å². The Hall–Kier alpha value is -1.03. The molecule has 1 aromatic rings. The molecule has 0 aliphatic heterocycles. The molecule has 0 bridgehead atoms. The zero-order valence-electron chi connectivity index (χ0n) is 8.30. The molecule has 15 heavy (non-hydrogen) atoms. The van der Waals surface area contributed by atoms with Gasteiger partial charge in [0.25, 0.3) is 0 Å². The molecule has 1 rings (SSSR count). The average molecular weight is 217 g/mol.